The van der Waals surface area contributed by atoms with Gasteiger partial charge in [0.25, 0.3) is 6.71 Å². The maximum atomic E-state index is 6.36. The smallest absolute Gasteiger partial charge is 0.251 e. The molecule has 0 amide bonds. The zero-order valence-electron chi connectivity index (χ0n) is 16.5. The second-order valence-corrected chi connectivity index (χ2v) is 8.32. The Morgan fingerprint density at radius 2 is 1.67 bits per heavy atom. The molecule has 0 aliphatic carbocycles. The van der Waals surface area contributed by atoms with Crippen LogP contribution in [0.4, 0.5) is 0 Å². The van der Waals surface area contributed by atoms with Crippen molar-refractivity contribution >= 4 is 23.1 Å². The lowest BCUT2D eigenvalue weighted by molar-refractivity contribution is 0.413. The van der Waals surface area contributed by atoms with Gasteiger partial charge in [0.05, 0.1) is 7.11 Å². The fourth-order valence-corrected chi connectivity index (χ4v) is 5.09. The molecule has 134 valence electrons. The molecular weight excluding hydrogens is 331 g/mol. The summed E-state index contributed by atoms with van der Waals surface area (Å²) in [4.78, 5) is 0. The fraction of sp³-hybridized carbons (Fsp3) is 0.250. The third kappa shape index (κ3) is 2.14. The number of rotatable bonds is 1. The van der Waals surface area contributed by atoms with E-state index in [0.29, 0.717) is 0 Å². The number of hydrogen-bond donors (Lipinski definition) is 0. The topological polar surface area (TPSA) is 18.5 Å². The van der Waals surface area contributed by atoms with Gasteiger partial charge in [0.2, 0.25) is 0 Å². The molecule has 3 heteroatoms. The molecule has 5 rings (SSSR count). The van der Waals surface area contributed by atoms with E-state index in [1.807, 2.05) is 0 Å². The summed E-state index contributed by atoms with van der Waals surface area (Å²) in [7, 11) is 1.74. The minimum atomic E-state index is -0.111. The fourth-order valence-electron chi connectivity index (χ4n) is 5.09. The molecule has 3 aromatic rings. The molecule has 0 unspecified atom stereocenters. The van der Waals surface area contributed by atoms with Crippen molar-refractivity contribution in [2.24, 2.45) is 0 Å². The molecule has 0 bridgehead atoms. The Labute approximate surface area is 161 Å². The van der Waals surface area contributed by atoms with Crippen LogP contribution in [0.1, 0.15) is 36.1 Å². The first-order chi connectivity index (χ1) is 12.9. The first kappa shape index (κ1) is 16.5. The van der Waals surface area contributed by atoms with E-state index in [-0.39, 0.29) is 12.1 Å². The van der Waals surface area contributed by atoms with Gasteiger partial charge >= 0.3 is 0 Å². The Kier molecular flexibility index (Phi) is 3.31. The van der Waals surface area contributed by atoms with Gasteiger partial charge in [-0.15, -0.1) is 0 Å². The zero-order valence-corrected chi connectivity index (χ0v) is 16.5. The first-order valence-corrected chi connectivity index (χ1v) is 9.52. The number of fused-ring (bicyclic) bond motifs is 4. The van der Waals surface area contributed by atoms with Gasteiger partial charge in [-0.2, -0.15) is 0 Å². The predicted octanol–water partition coefficient (Wildman–Crippen LogP) is 3.57. The summed E-state index contributed by atoms with van der Waals surface area (Å²) >= 11 is 0. The summed E-state index contributed by atoms with van der Waals surface area (Å²) in [5.41, 5.74) is 9.14. The van der Waals surface area contributed by atoms with Crippen molar-refractivity contribution in [1.29, 1.82) is 0 Å². The Hall–Kier alpha value is -2.68. The van der Waals surface area contributed by atoms with Crippen LogP contribution in [0.3, 0.4) is 0 Å². The van der Waals surface area contributed by atoms with Crippen LogP contribution in [0.25, 0.3) is 0 Å². The lowest BCUT2D eigenvalue weighted by Gasteiger charge is -2.42. The Balaban J connectivity index is 1.91. The number of ether oxygens (including phenoxy) is 2. The van der Waals surface area contributed by atoms with Crippen molar-refractivity contribution in [2.75, 3.05) is 7.11 Å². The van der Waals surface area contributed by atoms with Gasteiger partial charge in [-0.3, -0.25) is 0 Å². The standard InChI is InChI=1S/C24H23BO2/c1-14-6-10-20-19(12-14)25-18-9-8-16(26-5)13-17(18)24(3,4)22-15(2)7-11-21(27-20)23(22)25/h6-13H,1-5H3. The third-order valence-electron chi connectivity index (χ3n) is 6.27. The molecule has 0 aromatic heterocycles. The maximum absolute atomic E-state index is 6.36. The number of benzene rings is 3. The van der Waals surface area contributed by atoms with Crippen molar-refractivity contribution in [3.63, 3.8) is 0 Å². The van der Waals surface area contributed by atoms with E-state index in [1.54, 1.807) is 7.11 Å². The van der Waals surface area contributed by atoms with Crippen LogP contribution in [0.5, 0.6) is 17.2 Å². The molecular formula is C24H23BO2. The molecule has 2 aliphatic heterocycles. The van der Waals surface area contributed by atoms with E-state index in [0.717, 1.165) is 17.2 Å². The van der Waals surface area contributed by atoms with Crippen LogP contribution in [-0.4, -0.2) is 13.8 Å². The molecule has 0 N–H and O–H groups in total. The molecule has 2 aliphatic rings. The lowest BCUT2D eigenvalue weighted by atomic mass is 9.30. The Morgan fingerprint density at radius 3 is 2.44 bits per heavy atom. The summed E-state index contributed by atoms with van der Waals surface area (Å²) in [6, 6.07) is 17.4. The normalized spacial score (nSPS) is 15.4. The van der Waals surface area contributed by atoms with Crippen LogP contribution in [0.2, 0.25) is 0 Å². The Bertz CT molecular complexity index is 1100. The van der Waals surface area contributed by atoms with E-state index in [9.17, 15) is 0 Å². The molecule has 0 fully saturated rings. The van der Waals surface area contributed by atoms with Gasteiger partial charge in [-0.05, 0) is 65.7 Å². The van der Waals surface area contributed by atoms with Gasteiger partial charge in [-0.25, -0.2) is 0 Å². The van der Waals surface area contributed by atoms with E-state index in [1.165, 1.54) is 38.6 Å². The third-order valence-corrected chi connectivity index (χ3v) is 6.27. The minimum Gasteiger partial charge on any atom is -0.497 e. The second kappa shape index (κ2) is 5.42. The van der Waals surface area contributed by atoms with Crippen molar-refractivity contribution in [3.05, 3.63) is 70.8 Å². The average Bonchev–Trinajstić information content (AvgIpc) is 2.65. The van der Waals surface area contributed by atoms with Gasteiger partial charge in [0, 0.05) is 5.41 Å². The monoisotopic (exact) mass is 354 g/mol. The zero-order chi connectivity index (χ0) is 18.9. The molecule has 3 aromatic carbocycles. The van der Waals surface area contributed by atoms with E-state index in [4.69, 9.17) is 9.47 Å². The predicted molar refractivity (Wildman–Crippen MR) is 112 cm³/mol. The highest BCUT2D eigenvalue weighted by molar-refractivity contribution is 6.98. The van der Waals surface area contributed by atoms with E-state index >= 15 is 0 Å². The summed E-state index contributed by atoms with van der Waals surface area (Å²) in [5.74, 6) is 2.87. The first-order valence-electron chi connectivity index (χ1n) is 9.52. The van der Waals surface area contributed by atoms with Gasteiger partial charge < -0.3 is 9.47 Å². The van der Waals surface area contributed by atoms with E-state index in [2.05, 4.69) is 76.2 Å². The molecule has 0 saturated heterocycles. The highest BCUT2D eigenvalue weighted by atomic mass is 16.5. The largest absolute Gasteiger partial charge is 0.497 e. The molecule has 0 atom stereocenters. The summed E-state index contributed by atoms with van der Waals surface area (Å²) in [6.07, 6.45) is 0. The molecule has 27 heavy (non-hydrogen) atoms. The second-order valence-electron chi connectivity index (χ2n) is 8.32. The molecule has 0 spiro atoms. The Morgan fingerprint density at radius 1 is 0.889 bits per heavy atom. The van der Waals surface area contributed by atoms with Crippen LogP contribution < -0.4 is 25.9 Å². The van der Waals surface area contributed by atoms with Gasteiger partial charge in [0.1, 0.15) is 17.2 Å². The highest BCUT2D eigenvalue weighted by Gasteiger charge is 2.45. The van der Waals surface area contributed by atoms with Crippen LogP contribution in [0, 0.1) is 13.8 Å². The highest BCUT2D eigenvalue weighted by Crippen LogP contribution is 2.40. The van der Waals surface area contributed by atoms with Gasteiger partial charge in [0.15, 0.2) is 0 Å². The van der Waals surface area contributed by atoms with Crippen LogP contribution in [0.15, 0.2) is 48.5 Å². The SMILES string of the molecule is COc1ccc2c(c1)C(C)(C)c1c(C)ccc3c1B2c1cc(C)ccc1O3. The number of methoxy groups -OCH3 is 1. The van der Waals surface area contributed by atoms with Crippen LogP contribution in [-0.2, 0) is 5.41 Å². The molecule has 0 saturated carbocycles. The average molecular weight is 354 g/mol. The van der Waals surface area contributed by atoms with Gasteiger partial charge in [-0.1, -0.05) is 49.1 Å². The minimum absolute atomic E-state index is 0.111. The summed E-state index contributed by atoms with van der Waals surface area (Å²) in [6.45, 7) is 9.19. The van der Waals surface area contributed by atoms with E-state index < -0.39 is 0 Å². The summed E-state index contributed by atoms with van der Waals surface area (Å²) in [5, 5.41) is 0. The lowest BCUT2D eigenvalue weighted by Crippen LogP contribution is -2.62. The number of hydrogen-bond acceptors (Lipinski definition) is 2. The molecule has 2 heterocycles. The van der Waals surface area contributed by atoms with Crippen molar-refractivity contribution in [1.82, 2.24) is 0 Å². The van der Waals surface area contributed by atoms with Crippen molar-refractivity contribution < 1.29 is 9.47 Å². The maximum Gasteiger partial charge on any atom is 0.251 e. The van der Waals surface area contributed by atoms with Crippen molar-refractivity contribution in [3.8, 4) is 17.2 Å². The molecule has 0 radical (unpaired) electrons. The van der Waals surface area contributed by atoms with Crippen molar-refractivity contribution in [2.45, 2.75) is 33.1 Å². The number of aryl methyl sites for hydroxylation is 2. The quantitative estimate of drug-likeness (QED) is 0.487. The molecule has 2 nitrogen and oxygen atoms in total. The van der Waals surface area contributed by atoms with Crippen LogP contribution >= 0.6 is 0 Å². The summed E-state index contributed by atoms with van der Waals surface area (Å²) < 4.78 is 11.9.